The van der Waals surface area contributed by atoms with Crippen molar-refractivity contribution in [3.8, 4) is 0 Å². The third kappa shape index (κ3) is 3.22. The molecule has 2 saturated heterocycles. The van der Waals surface area contributed by atoms with Gasteiger partial charge in [-0.3, -0.25) is 14.7 Å². The number of imide groups is 1. The van der Waals surface area contributed by atoms with Crippen LogP contribution in [0.4, 0.5) is 4.79 Å². The van der Waals surface area contributed by atoms with Gasteiger partial charge >= 0.3 is 6.03 Å². The molecule has 3 heterocycles. The largest absolute Gasteiger partial charge is 0.329 e. The van der Waals surface area contributed by atoms with E-state index < -0.39 is 0 Å². The number of pyridine rings is 1. The minimum absolute atomic E-state index is 0.122. The van der Waals surface area contributed by atoms with Crippen molar-refractivity contribution in [1.82, 2.24) is 20.1 Å². The van der Waals surface area contributed by atoms with E-state index in [1.54, 1.807) is 0 Å². The molecule has 1 aromatic heterocycles. The molecule has 0 spiro atoms. The molecular formula is C19H22N4O2. The minimum Gasteiger partial charge on any atom is -0.329 e. The molecule has 2 aliphatic heterocycles. The standard InChI is InChI=1S/C19H22N4O2/c24-18-13-21-19(25)23(18)12-11-22-9-6-14(7-10-22)15-5-8-20-17-4-2-1-3-16(15)17/h1-5,8,14H,6-7,9-13H2,(H,21,25). The maximum Gasteiger partial charge on any atom is 0.324 e. The van der Waals surface area contributed by atoms with Crippen LogP contribution in [0.3, 0.4) is 0 Å². The van der Waals surface area contributed by atoms with Crippen molar-refractivity contribution in [3.63, 3.8) is 0 Å². The van der Waals surface area contributed by atoms with Gasteiger partial charge in [0.15, 0.2) is 0 Å². The van der Waals surface area contributed by atoms with Crippen molar-refractivity contribution in [3.05, 3.63) is 42.1 Å². The Morgan fingerprint density at radius 3 is 2.64 bits per heavy atom. The molecule has 1 aromatic carbocycles. The number of benzene rings is 1. The summed E-state index contributed by atoms with van der Waals surface area (Å²) >= 11 is 0. The molecule has 130 valence electrons. The van der Waals surface area contributed by atoms with Crippen molar-refractivity contribution in [2.45, 2.75) is 18.8 Å². The number of amides is 3. The first-order chi connectivity index (χ1) is 12.2. The van der Waals surface area contributed by atoms with E-state index in [4.69, 9.17) is 0 Å². The number of likely N-dealkylation sites (tertiary alicyclic amines) is 1. The van der Waals surface area contributed by atoms with Gasteiger partial charge in [-0.25, -0.2) is 4.79 Å². The number of fused-ring (bicyclic) bond motifs is 1. The number of carbonyl (C=O) groups excluding carboxylic acids is 2. The fourth-order valence-electron chi connectivity index (χ4n) is 3.86. The van der Waals surface area contributed by atoms with Gasteiger partial charge in [0.05, 0.1) is 12.1 Å². The third-order valence-corrected chi connectivity index (χ3v) is 5.29. The van der Waals surface area contributed by atoms with E-state index >= 15 is 0 Å². The Hall–Kier alpha value is -2.47. The number of hydrogen-bond donors (Lipinski definition) is 1. The number of nitrogens with one attached hydrogen (secondary N) is 1. The number of hydrogen-bond acceptors (Lipinski definition) is 4. The van der Waals surface area contributed by atoms with Crippen LogP contribution in [0.15, 0.2) is 36.5 Å². The van der Waals surface area contributed by atoms with Crippen molar-refractivity contribution in [2.24, 2.45) is 0 Å². The monoisotopic (exact) mass is 338 g/mol. The van der Waals surface area contributed by atoms with Crippen LogP contribution in [0.1, 0.15) is 24.3 Å². The molecule has 0 saturated carbocycles. The predicted molar refractivity (Wildman–Crippen MR) is 95.3 cm³/mol. The van der Waals surface area contributed by atoms with E-state index in [-0.39, 0.29) is 18.5 Å². The molecule has 0 bridgehead atoms. The molecule has 6 heteroatoms. The summed E-state index contributed by atoms with van der Waals surface area (Å²) in [7, 11) is 0. The molecule has 2 aromatic rings. The molecule has 0 radical (unpaired) electrons. The lowest BCUT2D eigenvalue weighted by atomic mass is 9.87. The Balaban J connectivity index is 1.37. The first-order valence-corrected chi connectivity index (χ1v) is 8.86. The van der Waals surface area contributed by atoms with Gasteiger partial charge in [-0.15, -0.1) is 0 Å². The number of urea groups is 1. The summed E-state index contributed by atoms with van der Waals surface area (Å²) in [4.78, 5) is 31.3. The third-order valence-electron chi connectivity index (χ3n) is 5.29. The van der Waals surface area contributed by atoms with Crippen LogP contribution in [0.5, 0.6) is 0 Å². The Morgan fingerprint density at radius 2 is 1.88 bits per heavy atom. The van der Waals surface area contributed by atoms with Crippen molar-refractivity contribution in [1.29, 1.82) is 0 Å². The second-order valence-corrected chi connectivity index (χ2v) is 6.74. The van der Waals surface area contributed by atoms with Crippen LogP contribution >= 0.6 is 0 Å². The first kappa shape index (κ1) is 16.0. The highest BCUT2D eigenvalue weighted by molar-refractivity contribution is 6.01. The van der Waals surface area contributed by atoms with Crippen LogP contribution in [0.2, 0.25) is 0 Å². The molecular weight excluding hydrogens is 316 g/mol. The number of nitrogens with zero attached hydrogens (tertiary/aromatic N) is 3. The highest BCUT2D eigenvalue weighted by Gasteiger charge is 2.29. The first-order valence-electron chi connectivity index (χ1n) is 8.86. The highest BCUT2D eigenvalue weighted by atomic mass is 16.2. The number of piperidine rings is 1. The minimum atomic E-state index is -0.261. The summed E-state index contributed by atoms with van der Waals surface area (Å²) in [5, 5.41) is 3.82. The lowest BCUT2D eigenvalue weighted by Crippen LogP contribution is -2.41. The second-order valence-electron chi connectivity index (χ2n) is 6.74. The summed E-state index contributed by atoms with van der Waals surface area (Å²) in [6, 6.07) is 10.2. The zero-order valence-electron chi connectivity index (χ0n) is 14.1. The molecule has 2 aliphatic rings. The topological polar surface area (TPSA) is 65.5 Å². The fourth-order valence-corrected chi connectivity index (χ4v) is 3.86. The van der Waals surface area contributed by atoms with Crippen LogP contribution < -0.4 is 5.32 Å². The van der Waals surface area contributed by atoms with E-state index in [2.05, 4.69) is 39.5 Å². The van der Waals surface area contributed by atoms with E-state index in [1.165, 1.54) is 15.8 Å². The quantitative estimate of drug-likeness (QED) is 0.866. The highest BCUT2D eigenvalue weighted by Crippen LogP contribution is 2.32. The lowest BCUT2D eigenvalue weighted by molar-refractivity contribution is -0.125. The van der Waals surface area contributed by atoms with Crippen LogP contribution in [0.25, 0.3) is 10.9 Å². The number of carbonyl (C=O) groups is 2. The second kappa shape index (κ2) is 6.80. The normalized spacial score (nSPS) is 19.6. The van der Waals surface area contributed by atoms with Gasteiger partial charge in [0.1, 0.15) is 0 Å². The van der Waals surface area contributed by atoms with Gasteiger partial charge in [0.2, 0.25) is 5.91 Å². The Labute approximate surface area is 146 Å². The van der Waals surface area contributed by atoms with Crippen LogP contribution in [-0.4, -0.2) is 59.4 Å². The zero-order valence-corrected chi connectivity index (χ0v) is 14.1. The number of rotatable bonds is 4. The van der Waals surface area contributed by atoms with Crippen molar-refractivity contribution in [2.75, 3.05) is 32.7 Å². The summed E-state index contributed by atoms with van der Waals surface area (Å²) in [6.07, 6.45) is 4.09. The lowest BCUT2D eigenvalue weighted by Gasteiger charge is -2.33. The molecule has 0 unspecified atom stereocenters. The maximum absolute atomic E-state index is 11.6. The molecule has 4 rings (SSSR count). The molecule has 0 aliphatic carbocycles. The Bertz CT molecular complexity index is 778. The van der Waals surface area contributed by atoms with Crippen molar-refractivity contribution < 1.29 is 9.59 Å². The van der Waals surface area contributed by atoms with Gasteiger partial charge in [0, 0.05) is 24.7 Å². The number of aromatic nitrogens is 1. The average molecular weight is 338 g/mol. The van der Waals surface area contributed by atoms with E-state index in [0.29, 0.717) is 12.5 Å². The van der Waals surface area contributed by atoms with Gasteiger partial charge in [-0.05, 0) is 49.5 Å². The van der Waals surface area contributed by atoms with Gasteiger partial charge in [-0.2, -0.15) is 0 Å². The van der Waals surface area contributed by atoms with Gasteiger partial charge in [-0.1, -0.05) is 18.2 Å². The van der Waals surface area contributed by atoms with Crippen LogP contribution in [-0.2, 0) is 4.79 Å². The SMILES string of the molecule is O=C1CNC(=O)N1CCN1CCC(c2ccnc3ccccc23)CC1. The van der Waals surface area contributed by atoms with Gasteiger partial charge < -0.3 is 10.2 Å². The smallest absolute Gasteiger partial charge is 0.324 e. The van der Waals surface area contributed by atoms with E-state index in [1.807, 2.05) is 12.3 Å². The molecule has 3 amide bonds. The molecule has 1 N–H and O–H groups in total. The number of para-hydroxylation sites is 1. The summed E-state index contributed by atoms with van der Waals surface area (Å²) in [5.74, 6) is 0.420. The van der Waals surface area contributed by atoms with E-state index in [0.717, 1.165) is 38.0 Å². The van der Waals surface area contributed by atoms with Gasteiger partial charge in [0.25, 0.3) is 0 Å². The molecule has 0 atom stereocenters. The average Bonchev–Trinajstić information content (AvgIpc) is 2.98. The Morgan fingerprint density at radius 1 is 1.08 bits per heavy atom. The zero-order chi connectivity index (χ0) is 17.2. The fraction of sp³-hybridized carbons (Fsp3) is 0.421. The predicted octanol–water partition coefficient (Wildman–Crippen LogP) is 1.97. The molecule has 2 fully saturated rings. The maximum atomic E-state index is 11.6. The van der Waals surface area contributed by atoms with Crippen molar-refractivity contribution >= 4 is 22.8 Å². The summed E-state index contributed by atoms with van der Waals surface area (Å²) in [5.41, 5.74) is 2.44. The van der Waals surface area contributed by atoms with Crippen LogP contribution in [0, 0.1) is 0 Å². The Kier molecular flexibility index (Phi) is 4.36. The summed E-state index contributed by atoms with van der Waals surface area (Å²) < 4.78 is 0. The summed E-state index contributed by atoms with van der Waals surface area (Å²) in [6.45, 7) is 3.35. The van der Waals surface area contributed by atoms with E-state index in [9.17, 15) is 9.59 Å². The molecule has 25 heavy (non-hydrogen) atoms. The molecule has 6 nitrogen and oxygen atoms in total.